The summed E-state index contributed by atoms with van der Waals surface area (Å²) >= 11 is 0. The summed E-state index contributed by atoms with van der Waals surface area (Å²) in [6.07, 6.45) is 6.85. The zero-order valence-electron chi connectivity index (χ0n) is 7.86. The van der Waals surface area contributed by atoms with Crippen molar-refractivity contribution in [2.45, 2.75) is 46.0 Å². The van der Waals surface area contributed by atoms with E-state index in [9.17, 15) is 0 Å². The molecule has 1 heterocycles. The van der Waals surface area contributed by atoms with Crippen molar-refractivity contribution >= 4 is 17.0 Å². The average Bonchev–Trinajstić information content (AvgIpc) is 2.44. The molecule has 0 aromatic heterocycles. The first-order valence-corrected chi connectivity index (χ1v) is 4.62. The molecule has 0 bridgehead atoms. The molecule has 0 aromatic carbocycles. The standard InChI is InChI=1S/C5H12.C4H9N.BrH/c1-3-5-4-2;1-2-4-5-3-1;/h3-5H2,1-2H3;5H,1-4H2;1H. The first kappa shape index (κ1) is 14.0. The van der Waals surface area contributed by atoms with Crippen molar-refractivity contribution in [1.82, 2.24) is 5.32 Å². The molecule has 1 rings (SSSR count). The third-order valence-electron chi connectivity index (χ3n) is 1.66. The van der Waals surface area contributed by atoms with Gasteiger partial charge in [-0.25, -0.2) is 0 Å². The highest BCUT2D eigenvalue weighted by Gasteiger charge is 1.93. The van der Waals surface area contributed by atoms with Crippen LogP contribution in [0.15, 0.2) is 0 Å². The Balaban J connectivity index is 0. The summed E-state index contributed by atoms with van der Waals surface area (Å²) in [5.74, 6) is 0. The average molecular weight is 224 g/mol. The van der Waals surface area contributed by atoms with E-state index in [2.05, 4.69) is 19.2 Å². The fourth-order valence-electron chi connectivity index (χ4n) is 0.979. The maximum absolute atomic E-state index is 3.22. The minimum absolute atomic E-state index is 0. The Bertz CT molecular complexity index is 43.9. The molecule has 1 fully saturated rings. The van der Waals surface area contributed by atoms with Crippen LogP contribution in [0.1, 0.15) is 46.0 Å². The Morgan fingerprint density at radius 2 is 1.45 bits per heavy atom. The topological polar surface area (TPSA) is 12.0 Å². The molecular weight excluding hydrogens is 202 g/mol. The van der Waals surface area contributed by atoms with E-state index < -0.39 is 0 Å². The monoisotopic (exact) mass is 223 g/mol. The minimum Gasteiger partial charge on any atom is -0.317 e. The van der Waals surface area contributed by atoms with Gasteiger partial charge in [0.1, 0.15) is 0 Å². The molecule has 0 amide bonds. The van der Waals surface area contributed by atoms with Crippen LogP contribution < -0.4 is 5.32 Å². The molecular formula is C9H22BrN. The van der Waals surface area contributed by atoms with Crippen LogP contribution in [-0.2, 0) is 0 Å². The largest absolute Gasteiger partial charge is 0.317 e. The summed E-state index contributed by atoms with van der Waals surface area (Å²) in [6, 6.07) is 0. The fourth-order valence-corrected chi connectivity index (χ4v) is 0.979. The van der Waals surface area contributed by atoms with Gasteiger partial charge in [0, 0.05) is 0 Å². The lowest BCUT2D eigenvalue weighted by Gasteiger charge is -1.79. The lowest BCUT2D eigenvalue weighted by molar-refractivity contribution is 0.772. The van der Waals surface area contributed by atoms with Crippen molar-refractivity contribution in [2.24, 2.45) is 0 Å². The number of rotatable bonds is 2. The smallest absolute Gasteiger partial charge is 0.00484 e. The van der Waals surface area contributed by atoms with Crippen LogP contribution in [0.5, 0.6) is 0 Å². The number of hydrogen-bond acceptors (Lipinski definition) is 1. The van der Waals surface area contributed by atoms with Gasteiger partial charge in [-0.2, -0.15) is 0 Å². The molecule has 0 saturated carbocycles. The van der Waals surface area contributed by atoms with Crippen LogP contribution in [-0.4, -0.2) is 13.1 Å². The van der Waals surface area contributed by atoms with Crippen molar-refractivity contribution < 1.29 is 0 Å². The van der Waals surface area contributed by atoms with Crippen molar-refractivity contribution in [3.05, 3.63) is 0 Å². The van der Waals surface area contributed by atoms with Crippen molar-refractivity contribution in [3.8, 4) is 0 Å². The summed E-state index contributed by atoms with van der Waals surface area (Å²) < 4.78 is 0. The molecule has 0 unspecified atom stereocenters. The number of nitrogens with one attached hydrogen (secondary N) is 1. The molecule has 1 N–H and O–H groups in total. The van der Waals surface area contributed by atoms with Crippen LogP contribution in [0.4, 0.5) is 0 Å². The fraction of sp³-hybridized carbons (Fsp3) is 1.00. The van der Waals surface area contributed by atoms with Crippen LogP contribution in [0, 0.1) is 0 Å². The highest BCUT2D eigenvalue weighted by Crippen LogP contribution is 1.90. The number of halogens is 1. The van der Waals surface area contributed by atoms with Gasteiger partial charge in [-0.15, -0.1) is 17.0 Å². The summed E-state index contributed by atoms with van der Waals surface area (Å²) in [4.78, 5) is 0. The molecule has 0 spiro atoms. The Morgan fingerprint density at radius 1 is 1.00 bits per heavy atom. The van der Waals surface area contributed by atoms with Gasteiger partial charge >= 0.3 is 0 Å². The molecule has 70 valence electrons. The molecule has 1 nitrogen and oxygen atoms in total. The predicted molar refractivity (Wildman–Crippen MR) is 57.6 cm³/mol. The van der Waals surface area contributed by atoms with E-state index in [1.165, 1.54) is 45.2 Å². The van der Waals surface area contributed by atoms with Gasteiger partial charge in [-0.1, -0.05) is 33.1 Å². The lowest BCUT2D eigenvalue weighted by Crippen LogP contribution is -2.03. The van der Waals surface area contributed by atoms with Crippen molar-refractivity contribution in [1.29, 1.82) is 0 Å². The maximum Gasteiger partial charge on any atom is -0.00484 e. The second-order valence-electron chi connectivity index (χ2n) is 2.81. The Kier molecular flexibility index (Phi) is 16.6. The Morgan fingerprint density at radius 3 is 1.55 bits per heavy atom. The molecule has 2 heteroatoms. The molecule has 1 saturated heterocycles. The van der Waals surface area contributed by atoms with Gasteiger partial charge in [0.25, 0.3) is 0 Å². The van der Waals surface area contributed by atoms with Crippen LogP contribution in [0.3, 0.4) is 0 Å². The van der Waals surface area contributed by atoms with Crippen molar-refractivity contribution in [2.75, 3.05) is 13.1 Å². The highest BCUT2D eigenvalue weighted by atomic mass is 79.9. The van der Waals surface area contributed by atoms with Crippen LogP contribution in [0.25, 0.3) is 0 Å². The zero-order chi connectivity index (χ0) is 7.66. The summed E-state index contributed by atoms with van der Waals surface area (Å²) in [7, 11) is 0. The second-order valence-corrected chi connectivity index (χ2v) is 2.81. The summed E-state index contributed by atoms with van der Waals surface area (Å²) in [5.41, 5.74) is 0. The molecule has 1 aliphatic rings. The van der Waals surface area contributed by atoms with E-state index in [1.54, 1.807) is 0 Å². The molecule has 11 heavy (non-hydrogen) atoms. The van der Waals surface area contributed by atoms with Gasteiger partial charge in [0.05, 0.1) is 0 Å². The van der Waals surface area contributed by atoms with Gasteiger partial charge in [0.2, 0.25) is 0 Å². The van der Waals surface area contributed by atoms with E-state index in [4.69, 9.17) is 0 Å². The molecule has 0 aromatic rings. The Labute approximate surface area is 81.7 Å². The molecule has 0 radical (unpaired) electrons. The third-order valence-corrected chi connectivity index (χ3v) is 1.66. The maximum atomic E-state index is 3.22. The first-order valence-electron chi connectivity index (χ1n) is 4.62. The van der Waals surface area contributed by atoms with Crippen molar-refractivity contribution in [3.63, 3.8) is 0 Å². The highest BCUT2D eigenvalue weighted by molar-refractivity contribution is 8.93. The lowest BCUT2D eigenvalue weighted by atomic mass is 10.3. The summed E-state index contributed by atoms with van der Waals surface area (Å²) in [6.45, 7) is 6.92. The molecule has 0 aliphatic carbocycles. The molecule has 0 atom stereocenters. The normalized spacial score (nSPS) is 14.7. The predicted octanol–water partition coefficient (Wildman–Crippen LogP) is 3.14. The van der Waals surface area contributed by atoms with Gasteiger partial charge in [-0.05, 0) is 25.9 Å². The SMILES string of the molecule is Br.C1CCNC1.CCCCC. The quantitative estimate of drug-likeness (QED) is 0.759. The first-order chi connectivity index (χ1) is 4.91. The zero-order valence-corrected chi connectivity index (χ0v) is 9.57. The van der Waals surface area contributed by atoms with Crippen LogP contribution >= 0.6 is 17.0 Å². The van der Waals surface area contributed by atoms with E-state index in [1.807, 2.05) is 0 Å². The van der Waals surface area contributed by atoms with Crippen LogP contribution in [0.2, 0.25) is 0 Å². The van der Waals surface area contributed by atoms with E-state index in [-0.39, 0.29) is 17.0 Å². The Hall–Kier alpha value is 0.440. The summed E-state index contributed by atoms with van der Waals surface area (Å²) in [5, 5.41) is 3.22. The molecule has 1 aliphatic heterocycles. The number of hydrogen-bond donors (Lipinski definition) is 1. The minimum atomic E-state index is 0. The van der Waals surface area contributed by atoms with Gasteiger partial charge in [0.15, 0.2) is 0 Å². The third kappa shape index (κ3) is 13.4. The van der Waals surface area contributed by atoms with Gasteiger partial charge in [-0.3, -0.25) is 0 Å². The van der Waals surface area contributed by atoms with E-state index in [0.29, 0.717) is 0 Å². The second kappa shape index (κ2) is 13.1. The van der Waals surface area contributed by atoms with E-state index in [0.717, 1.165) is 0 Å². The van der Waals surface area contributed by atoms with Gasteiger partial charge < -0.3 is 5.32 Å². The van der Waals surface area contributed by atoms with E-state index >= 15 is 0 Å². The number of unbranched alkanes of at least 4 members (excludes halogenated alkanes) is 2.